The first-order valence-corrected chi connectivity index (χ1v) is 5.38. The molecule has 0 bridgehead atoms. The van der Waals surface area contributed by atoms with Crippen molar-refractivity contribution in [2.75, 3.05) is 18.5 Å². The van der Waals surface area contributed by atoms with Gasteiger partial charge in [-0.3, -0.25) is 4.79 Å². The van der Waals surface area contributed by atoms with Crippen molar-refractivity contribution in [3.63, 3.8) is 0 Å². The molecule has 3 N–H and O–H groups in total. The Morgan fingerprint density at radius 2 is 2.28 bits per heavy atom. The van der Waals surface area contributed by atoms with Crippen LogP contribution in [0.3, 0.4) is 0 Å². The average Bonchev–Trinajstić information content (AvgIpc) is 2.35. The fourth-order valence-corrected chi connectivity index (χ4v) is 1.14. The van der Waals surface area contributed by atoms with Crippen molar-refractivity contribution < 1.29 is 19.4 Å². The molecule has 1 heterocycles. The van der Waals surface area contributed by atoms with Crippen LogP contribution in [-0.2, 0) is 9.53 Å². The Hall–Kier alpha value is -2.31. The van der Waals surface area contributed by atoms with E-state index < -0.39 is 18.6 Å². The summed E-state index contributed by atoms with van der Waals surface area (Å²) in [5.41, 5.74) is 0. The van der Waals surface area contributed by atoms with Gasteiger partial charge in [0.05, 0.1) is 6.04 Å². The topological polar surface area (TPSA) is 101 Å². The van der Waals surface area contributed by atoms with Crippen LogP contribution in [0.15, 0.2) is 24.4 Å². The molecule has 7 heteroatoms. The lowest BCUT2D eigenvalue weighted by Gasteiger charge is -2.14. The van der Waals surface area contributed by atoms with Crippen LogP contribution >= 0.6 is 0 Å². The summed E-state index contributed by atoms with van der Waals surface area (Å²) in [5, 5.41) is 13.5. The van der Waals surface area contributed by atoms with Gasteiger partial charge in [-0.15, -0.1) is 0 Å². The summed E-state index contributed by atoms with van der Waals surface area (Å²) in [4.78, 5) is 25.3. The summed E-state index contributed by atoms with van der Waals surface area (Å²) >= 11 is 0. The van der Waals surface area contributed by atoms with Gasteiger partial charge in [0.2, 0.25) is 0 Å². The highest BCUT2D eigenvalue weighted by Crippen LogP contribution is 2.02. The number of hydrogen-bond donors (Lipinski definition) is 3. The van der Waals surface area contributed by atoms with Crippen molar-refractivity contribution in [1.29, 1.82) is 0 Å². The van der Waals surface area contributed by atoms with Gasteiger partial charge in [0, 0.05) is 6.20 Å². The number of aromatic nitrogens is 1. The van der Waals surface area contributed by atoms with E-state index in [4.69, 9.17) is 9.84 Å². The van der Waals surface area contributed by atoms with Crippen LogP contribution in [0.25, 0.3) is 0 Å². The van der Waals surface area contributed by atoms with E-state index in [1.807, 2.05) is 13.0 Å². The first-order chi connectivity index (χ1) is 8.58. The van der Waals surface area contributed by atoms with Crippen molar-refractivity contribution in [2.45, 2.75) is 13.0 Å². The van der Waals surface area contributed by atoms with Gasteiger partial charge >= 0.3 is 12.1 Å². The van der Waals surface area contributed by atoms with Crippen LogP contribution in [0, 0.1) is 0 Å². The summed E-state index contributed by atoms with van der Waals surface area (Å²) in [6, 6.07) is 5.30. The summed E-state index contributed by atoms with van der Waals surface area (Å²) in [5.74, 6) is -0.439. The predicted octanol–water partition coefficient (Wildman–Crippen LogP) is 0.693. The first kappa shape index (κ1) is 13.8. The van der Waals surface area contributed by atoms with Crippen molar-refractivity contribution in [1.82, 2.24) is 10.3 Å². The standard InChI is InChI=1S/C11H15N3O4/c1-8(14-9-4-2-3-5-12-9)7-18-11(17)13-6-10(15)16/h2-5,8H,6-7H2,1H3,(H,12,14)(H,13,17)(H,15,16). The quantitative estimate of drug-likeness (QED) is 0.689. The molecule has 0 saturated carbocycles. The molecule has 1 aromatic rings. The van der Waals surface area contributed by atoms with Gasteiger partial charge < -0.3 is 20.5 Å². The average molecular weight is 253 g/mol. The number of rotatable bonds is 6. The molecular weight excluding hydrogens is 238 g/mol. The molecule has 1 aromatic heterocycles. The number of carbonyl (C=O) groups excluding carboxylic acids is 1. The molecule has 0 spiro atoms. The zero-order chi connectivity index (χ0) is 13.4. The number of nitrogens with one attached hydrogen (secondary N) is 2. The number of anilines is 1. The lowest BCUT2D eigenvalue weighted by Crippen LogP contribution is -2.33. The maximum Gasteiger partial charge on any atom is 0.407 e. The summed E-state index contributed by atoms with van der Waals surface area (Å²) in [7, 11) is 0. The number of hydrogen-bond acceptors (Lipinski definition) is 5. The zero-order valence-corrected chi connectivity index (χ0v) is 9.92. The minimum absolute atomic E-state index is 0.113. The maximum absolute atomic E-state index is 11.1. The molecule has 18 heavy (non-hydrogen) atoms. The smallest absolute Gasteiger partial charge is 0.407 e. The van der Waals surface area contributed by atoms with Crippen LogP contribution in [0.5, 0.6) is 0 Å². The summed E-state index contributed by atoms with van der Waals surface area (Å²) in [6.45, 7) is 1.47. The molecule has 1 amide bonds. The Bertz CT molecular complexity index is 397. The molecule has 0 fully saturated rings. The number of aliphatic carboxylic acids is 1. The molecule has 1 unspecified atom stereocenters. The Balaban J connectivity index is 2.22. The second kappa shape index (κ2) is 7.10. The number of carboxylic acid groups (broad SMARTS) is 1. The highest BCUT2D eigenvalue weighted by molar-refractivity contribution is 5.76. The number of nitrogens with zero attached hydrogens (tertiary/aromatic N) is 1. The highest BCUT2D eigenvalue weighted by Gasteiger charge is 2.08. The minimum atomic E-state index is -1.12. The van der Waals surface area contributed by atoms with Gasteiger partial charge in [-0.1, -0.05) is 6.07 Å². The van der Waals surface area contributed by atoms with Crippen LogP contribution in [0.1, 0.15) is 6.92 Å². The monoisotopic (exact) mass is 253 g/mol. The molecule has 1 atom stereocenters. The fraction of sp³-hybridized carbons (Fsp3) is 0.364. The van der Waals surface area contributed by atoms with Crippen LogP contribution in [-0.4, -0.2) is 41.3 Å². The van der Waals surface area contributed by atoms with E-state index in [0.717, 1.165) is 0 Å². The lowest BCUT2D eigenvalue weighted by atomic mass is 10.3. The number of alkyl carbamates (subject to hydrolysis) is 1. The van der Waals surface area contributed by atoms with Crippen LogP contribution < -0.4 is 10.6 Å². The SMILES string of the molecule is CC(COC(=O)NCC(=O)O)Nc1ccccn1. The molecule has 0 saturated heterocycles. The molecule has 0 radical (unpaired) electrons. The van der Waals surface area contributed by atoms with E-state index >= 15 is 0 Å². The van der Waals surface area contributed by atoms with Gasteiger partial charge in [-0.25, -0.2) is 9.78 Å². The van der Waals surface area contributed by atoms with E-state index in [0.29, 0.717) is 5.82 Å². The Morgan fingerprint density at radius 3 is 2.89 bits per heavy atom. The van der Waals surface area contributed by atoms with E-state index in [2.05, 4.69) is 15.6 Å². The lowest BCUT2D eigenvalue weighted by molar-refractivity contribution is -0.135. The summed E-state index contributed by atoms with van der Waals surface area (Å²) < 4.78 is 4.82. The molecule has 0 aromatic carbocycles. The molecular formula is C11H15N3O4. The second-order valence-electron chi connectivity index (χ2n) is 3.61. The van der Waals surface area contributed by atoms with Gasteiger partial charge in [0.1, 0.15) is 19.0 Å². The zero-order valence-electron chi connectivity index (χ0n) is 9.92. The van der Waals surface area contributed by atoms with Gasteiger partial charge in [0.15, 0.2) is 0 Å². The normalized spacial score (nSPS) is 11.4. The second-order valence-corrected chi connectivity index (χ2v) is 3.61. The molecule has 98 valence electrons. The Morgan fingerprint density at radius 1 is 1.50 bits per heavy atom. The van der Waals surface area contributed by atoms with Gasteiger partial charge in [0.25, 0.3) is 0 Å². The molecule has 0 aliphatic carbocycles. The number of pyridine rings is 1. The van der Waals surface area contributed by atoms with Crippen LogP contribution in [0.2, 0.25) is 0 Å². The minimum Gasteiger partial charge on any atom is -0.480 e. The highest BCUT2D eigenvalue weighted by atomic mass is 16.5. The largest absolute Gasteiger partial charge is 0.480 e. The third-order valence-electron chi connectivity index (χ3n) is 1.91. The number of carbonyl (C=O) groups is 2. The van der Waals surface area contributed by atoms with Gasteiger partial charge in [-0.05, 0) is 19.1 Å². The molecule has 0 aliphatic rings. The maximum atomic E-state index is 11.1. The van der Waals surface area contributed by atoms with Crippen molar-refractivity contribution in [2.24, 2.45) is 0 Å². The third kappa shape index (κ3) is 5.69. The third-order valence-corrected chi connectivity index (χ3v) is 1.91. The van der Waals surface area contributed by atoms with Crippen molar-refractivity contribution in [3.05, 3.63) is 24.4 Å². The van der Waals surface area contributed by atoms with E-state index in [1.165, 1.54) is 0 Å². The fourth-order valence-electron chi connectivity index (χ4n) is 1.14. The Kier molecular flexibility index (Phi) is 5.43. The number of ether oxygens (including phenoxy) is 1. The van der Waals surface area contributed by atoms with Crippen molar-refractivity contribution in [3.8, 4) is 0 Å². The molecule has 1 rings (SSSR count). The van der Waals surface area contributed by atoms with E-state index in [1.54, 1.807) is 18.3 Å². The summed E-state index contributed by atoms with van der Waals surface area (Å²) in [6.07, 6.45) is 0.891. The van der Waals surface area contributed by atoms with E-state index in [-0.39, 0.29) is 12.6 Å². The number of amides is 1. The molecule has 0 aliphatic heterocycles. The predicted molar refractivity (Wildman–Crippen MR) is 64.3 cm³/mol. The Labute approximate surface area is 104 Å². The first-order valence-electron chi connectivity index (χ1n) is 5.38. The van der Waals surface area contributed by atoms with Crippen LogP contribution in [0.4, 0.5) is 10.6 Å². The van der Waals surface area contributed by atoms with Crippen molar-refractivity contribution >= 4 is 17.9 Å². The number of carboxylic acids is 1. The molecule has 7 nitrogen and oxygen atoms in total. The van der Waals surface area contributed by atoms with Gasteiger partial charge in [-0.2, -0.15) is 0 Å². The van der Waals surface area contributed by atoms with E-state index in [9.17, 15) is 9.59 Å².